The number of carbonyl (C=O) groups excluding carboxylic acids is 1. The van der Waals surface area contributed by atoms with Crippen LogP contribution in [0.5, 0.6) is 0 Å². The van der Waals surface area contributed by atoms with Crippen molar-refractivity contribution in [2.24, 2.45) is 11.7 Å². The molecule has 5 heteroatoms. The number of hydrogen-bond acceptors (Lipinski definition) is 4. The Kier molecular flexibility index (Phi) is 6.02. The summed E-state index contributed by atoms with van der Waals surface area (Å²) in [5.74, 6) is 0.207. The molecule has 1 saturated carbocycles. The molecule has 0 aromatic heterocycles. The molecule has 1 aliphatic carbocycles. The van der Waals surface area contributed by atoms with Gasteiger partial charge in [0.2, 0.25) is 5.91 Å². The fourth-order valence-corrected chi connectivity index (χ4v) is 4.18. The Hall–Kier alpha value is -0.650. The average molecular weight is 297 g/mol. The summed E-state index contributed by atoms with van der Waals surface area (Å²) in [6, 6.07) is 0. The Labute approximate surface area is 128 Å². The molecule has 0 bridgehead atoms. The Morgan fingerprint density at radius 2 is 2.24 bits per heavy atom. The van der Waals surface area contributed by atoms with Crippen molar-refractivity contribution in [3.8, 4) is 0 Å². The number of ether oxygens (including phenoxy) is 1. The highest BCUT2D eigenvalue weighted by molar-refractivity contribution is 5.85. The predicted octanol–water partition coefficient (Wildman–Crippen LogP) is 1.12. The van der Waals surface area contributed by atoms with Gasteiger partial charge in [0.15, 0.2) is 0 Å². The van der Waals surface area contributed by atoms with Gasteiger partial charge in [0.05, 0.1) is 6.10 Å². The van der Waals surface area contributed by atoms with Crippen molar-refractivity contribution in [3.05, 3.63) is 0 Å². The minimum absolute atomic E-state index is 0.166. The number of nitrogens with one attached hydrogen (secondary N) is 1. The van der Waals surface area contributed by atoms with E-state index < -0.39 is 5.54 Å². The molecule has 0 aromatic rings. The number of nitrogens with zero attached hydrogens (tertiary/aromatic N) is 1. The third kappa shape index (κ3) is 3.76. The summed E-state index contributed by atoms with van der Waals surface area (Å²) in [4.78, 5) is 14.5. The molecular formula is C16H31N3O2. The SMILES string of the molecule is CCNC1(C(N)=O)CCCC1CCN1CCCC(OC)C1. The topological polar surface area (TPSA) is 67.6 Å². The van der Waals surface area contributed by atoms with Gasteiger partial charge in [-0.2, -0.15) is 0 Å². The van der Waals surface area contributed by atoms with Crippen molar-refractivity contribution >= 4 is 5.91 Å². The van der Waals surface area contributed by atoms with E-state index in [4.69, 9.17) is 10.5 Å². The molecule has 3 atom stereocenters. The monoisotopic (exact) mass is 297 g/mol. The van der Waals surface area contributed by atoms with Crippen LogP contribution in [0.25, 0.3) is 0 Å². The van der Waals surface area contributed by atoms with Crippen molar-refractivity contribution in [1.29, 1.82) is 0 Å². The van der Waals surface area contributed by atoms with E-state index in [0.29, 0.717) is 12.0 Å². The minimum Gasteiger partial charge on any atom is -0.380 e. The minimum atomic E-state index is -0.467. The summed E-state index contributed by atoms with van der Waals surface area (Å²) in [5.41, 5.74) is 5.26. The van der Waals surface area contributed by atoms with E-state index >= 15 is 0 Å². The molecular weight excluding hydrogens is 266 g/mol. The zero-order valence-corrected chi connectivity index (χ0v) is 13.6. The Balaban J connectivity index is 1.90. The third-order valence-electron chi connectivity index (χ3n) is 5.34. The maximum atomic E-state index is 12.0. The molecule has 0 aromatic carbocycles. The number of amides is 1. The van der Waals surface area contributed by atoms with Crippen LogP contribution in [0.15, 0.2) is 0 Å². The summed E-state index contributed by atoms with van der Waals surface area (Å²) in [5, 5.41) is 3.40. The highest BCUT2D eigenvalue weighted by Crippen LogP contribution is 2.38. The van der Waals surface area contributed by atoms with Crippen LogP contribution in [-0.2, 0) is 9.53 Å². The first-order valence-corrected chi connectivity index (χ1v) is 8.42. The highest BCUT2D eigenvalue weighted by Gasteiger charge is 2.46. The smallest absolute Gasteiger partial charge is 0.238 e. The molecule has 5 nitrogen and oxygen atoms in total. The largest absolute Gasteiger partial charge is 0.380 e. The predicted molar refractivity (Wildman–Crippen MR) is 84.0 cm³/mol. The number of hydrogen-bond donors (Lipinski definition) is 2. The fraction of sp³-hybridized carbons (Fsp3) is 0.938. The molecule has 2 fully saturated rings. The van der Waals surface area contributed by atoms with Gasteiger partial charge in [-0.05, 0) is 57.7 Å². The normalized spacial score (nSPS) is 34.2. The van der Waals surface area contributed by atoms with E-state index in [9.17, 15) is 4.79 Å². The molecule has 21 heavy (non-hydrogen) atoms. The lowest BCUT2D eigenvalue weighted by Gasteiger charge is -2.36. The van der Waals surface area contributed by atoms with Crippen molar-refractivity contribution in [1.82, 2.24) is 10.2 Å². The molecule has 1 amide bonds. The van der Waals surface area contributed by atoms with Crippen LogP contribution in [0.4, 0.5) is 0 Å². The van der Waals surface area contributed by atoms with Gasteiger partial charge < -0.3 is 20.7 Å². The van der Waals surface area contributed by atoms with Gasteiger partial charge >= 0.3 is 0 Å². The molecule has 1 heterocycles. The Bertz CT molecular complexity index is 350. The van der Waals surface area contributed by atoms with E-state index in [1.807, 2.05) is 6.92 Å². The lowest BCUT2D eigenvalue weighted by atomic mass is 9.83. The third-order valence-corrected chi connectivity index (χ3v) is 5.34. The second kappa shape index (κ2) is 7.56. The van der Waals surface area contributed by atoms with Crippen LogP contribution in [-0.4, -0.2) is 55.7 Å². The first kappa shape index (κ1) is 16.7. The van der Waals surface area contributed by atoms with Crippen molar-refractivity contribution < 1.29 is 9.53 Å². The van der Waals surface area contributed by atoms with E-state index in [-0.39, 0.29) is 5.91 Å². The van der Waals surface area contributed by atoms with E-state index in [2.05, 4.69) is 10.2 Å². The quantitative estimate of drug-likeness (QED) is 0.739. The number of likely N-dealkylation sites (N-methyl/N-ethyl adjacent to an activating group) is 1. The van der Waals surface area contributed by atoms with Gasteiger partial charge in [0.1, 0.15) is 5.54 Å². The summed E-state index contributed by atoms with van der Waals surface area (Å²) < 4.78 is 5.48. The second-order valence-electron chi connectivity index (χ2n) is 6.54. The van der Waals surface area contributed by atoms with Crippen molar-refractivity contribution in [2.45, 2.75) is 57.1 Å². The lowest BCUT2D eigenvalue weighted by molar-refractivity contribution is -0.126. The van der Waals surface area contributed by atoms with Gasteiger partial charge in [-0.25, -0.2) is 0 Å². The van der Waals surface area contributed by atoms with Gasteiger partial charge in [-0.1, -0.05) is 13.3 Å². The Morgan fingerprint density at radius 1 is 1.43 bits per heavy atom. The molecule has 2 rings (SSSR count). The standard InChI is InChI=1S/C16H31N3O2/c1-3-18-16(15(17)20)9-4-6-13(16)8-11-19-10-5-7-14(12-19)21-2/h13-14,18H,3-12H2,1-2H3,(H2,17,20). The van der Waals surface area contributed by atoms with Crippen LogP contribution < -0.4 is 11.1 Å². The van der Waals surface area contributed by atoms with Crippen molar-refractivity contribution in [2.75, 3.05) is 33.3 Å². The van der Waals surface area contributed by atoms with Crippen molar-refractivity contribution in [3.63, 3.8) is 0 Å². The summed E-state index contributed by atoms with van der Waals surface area (Å²) in [6.45, 7) is 6.07. The van der Waals surface area contributed by atoms with Crippen LogP contribution in [0.1, 0.15) is 45.4 Å². The first-order chi connectivity index (χ1) is 10.1. The molecule has 122 valence electrons. The number of methoxy groups -OCH3 is 1. The number of rotatable bonds is 7. The number of primary amides is 1. The van der Waals surface area contributed by atoms with E-state index in [1.54, 1.807) is 7.11 Å². The van der Waals surface area contributed by atoms with Crippen LogP contribution in [0.3, 0.4) is 0 Å². The van der Waals surface area contributed by atoms with E-state index in [0.717, 1.165) is 51.9 Å². The molecule has 3 N–H and O–H groups in total. The van der Waals surface area contributed by atoms with Crippen LogP contribution in [0, 0.1) is 5.92 Å². The maximum Gasteiger partial charge on any atom is 0.238 e. The molecule has 1 saturated heterocycles. The second-order valence-corrected chi connectivity index (χ2v) is 6.54. The summed E-state index contributed by atoms with van der Waals surface area (Å²) in [6.07, 6.45) is 6.89. The summed E-state index contributed by atoms with van der Waals surface area (Å²) in [7, 11) is 1.80. The maximum absolute atomic E-state index is 12.0. The molecule has 2 aliphatic rings. The Morgan fingerprint density at radius 3 is 2.90 bits per heavy atom. The molecule has 0 spiro atoms. The number of likely N-dealkylation sites (tertiary alicyclic amines) is 1. The van der Waals surface area contributed by atoms with Gasteiger partial charge in [-0.15, -0.1) is 0 Å². The number of piperidine rings is 1. The highest BCUT2D eigenvalue weighted by atomic mass is 16.5. The van der Waals surface area contributed by atoms with Gasteiger partial charge in [-0.3, -0.25) is 4.79 Å². The zero-order chi connectivity index (χ0) is 15.3. The fourth-order valence-electron chi connectivity index (χ4n) is 4.18. The lowest BCUT2D eigenvalue weighted by Crippen LogP contribution is -2.58. The average Bonchev–Trinajstić information content (AvgIpc) is 2.90. The number of carbonyl (C=O) groups is 1. The molecule has 3 unspecified atom stereocenters. The zero-order valence-electron chi connectivity index (χ0n) is 13.6. The molecule has 0 radical (unpaired) electrons. The molecule has 1 aliphatic heterocycles. The number of nitrogens with two attached hydrogens (primary N) is 1. The van der Waals surface area contributed by atoms with E-state index in [1.165, 1.54) is 12.8 Å². The van der Waals surface area contributed by atoms with Crippen LogP contribution >= 0.6 is 0 Å². The van der Waals surface area contributed by atoms with Gasteiger partial charge in [0.25, 0.3) is 0 Å². The summed E-state index contributed by atoms with van der Waals surface area (Å²) >= 11 is 0. The van der Waals surface area contributed by atoms with Gasteiger partial charge in [0, 0.05) is 13.7 Å². The first-order valence-electron chi connectivity index (χ1n) is 8.42. The van der Waals surface area contributed by atoms with Crippen LogP contribution in [0.2, 0.25) is 0 Å².